The maximum absolute atomic E-state index is 13.4. The van der Waals surface area contributed by atoms with Crippen LogP contribution < -0.4 is 5.32 Å². The van der Waals surface area contributed by atoms with Gasteiger partial charge in [0.25, 0.3) is 0 Å². The van der Waals surface area contributed by atoms with E-state index < -0.39 is 0 Å². The minimum absolute atomic E-state index is 0.0185. The summed E-state index contributed by atoms with van der Waals surface area (Å²) in [4.78, 5) is 18.0. The molecule has 0 radical (unpaired) electrons. The van der Waals surface area contributed by atoms with E-state index >= 15 is 0 Å². The van der Waals surface area contributed by atoms with Gasteiger partial charge in [-0.1, -0.05) is 56.2 Å². The van der Waals surface area contributed by atoms with Gasteiger partial charge < -0.3 is 14.8 Å². The fraction of sp³-hybridized carbons (Fsp3) is 0.567. The van der Waals surface area contributed by atoms with Gasteiger partial charge in [0.1, 0.15) is 11.5 Å². The average Bonchev–Trinajstić information content (AvgIpc) is 2.99. The molecule has 2 fully saturated rings. The number of benzene rings is 1. The zero-order valence-corrected chi connectivity index (χ0v) is 22.9. The van der Waals surface area contributed by atoms with Crippen molar-refractivity contribution in [2.45, 2.75) is 59.5 Å². The van der Waals surface area contributed by atoms with Crippen LogP contribution >= 0.6 is 0 Å². The molecule has 36 heavy (non-hydrogen) atoms. The van der Waals surface area contributed by atoms with Crippen molar-refractivity contribution in [1.29, 1.82) is 0 Å². The van der Waals surface area contributed by atoms with E-state index in [-0.39, 0.29) is 28.3 Å². The number of nitrogens with zero attached hydrogens (tertiary/aromatic N) is 2. The van der Waals surface area contributed by atoms with Crippen molar-refractivity contribution in [3.05, 3.63) is 70.3 Å². The van der Waals surface area contributed by atoms with Gasteiger partial charge in [-0.2, -0.15) is 0 Å². The molecule has 194 valence electrons. The van der Waals surface area contributed by atoms with Gasteiger partial charge in [-0.3, -0.25) is 9.80 Å². The summed E-state index contributed by atoms with van der Waals surface area (Å²) < 4.78 is 11.6. The molecule has 1 aromatic carbocycles. The van der Waals surface area contributed by atoms with E-state index in [0.717, 1.165) is 49.7 Å². The molecule has 6 heteroatoms. The number of likely N-dealkylation sites (tertiary alicyclic amines) is 1. The van der Waals surface area contributed by atoms with Gasteiger partial charge in [0.15, 0.2) is 0 Å². The first kappa shape index (κ1) is 24.9. The molecule has 3 heterocycles. The molecule has 1 aliphatic carbocycles. The lowest BCUT2D eigenvalue weighted by atomic mass is 9.57. The molecule has 6 nitrogen and oxygen atoms in total. The lowest BCUT2D eigenvalue weighted by Crippen LogP contribution is -2.52. The first-order valence-corrected chi connectivity index (χ1v) is 13.2. The maximum Gasteiger partial charge on any atom is 0.322 e. The molecule has 5 rings (SSSR count). The molecule has 1 aromatic rings. The van der Waals surface area contributed by atoms with Crippen molar-refractivity contribution in [2.24, 2.45) is 16.7 Å². The van der Waals surface area contributed by atoms with Gasteiger partial charge in [0, 0.05) is 49.3 Å². The third kappa shape index (κ3) is 3.85. The number of hydrogen-bond donors (Lipinski definition) is 1. The molecule has 2 amide bonds. The van der Waals surface area contributed by atoms with E-state index in [1.807, 2.05) is 11.0 Å². The Morgan fingerprint density at radius 1 is 1.03 bits per heavy atom. The van der Waals surface area contributed by atoms with Crippen molar-refractivity contribution in [1.82, 2.24) is 15.1 Å². The van der Waals surface area contributed by atoms with Crippen molar-refractivity contribution in [3.63, 3.8) is 0 Å². The Morgan fingerprint density at radius 3 is 2.31 bits per heavy atom. The van der Waals surface area contributed by atoms with Gasteiger partial charge >= 0.3 is 6.03 Å². The number of allylic oxidation sites excluding steroid dienone is 3. The Kier molecular flexibility index (Phi) is 6.02. The molecular formula is C30H41N3O3. The number of urea groups is 1. The third-order valence-corrected chi connectivity index (χ3v) is 9.33. The highest BCUT2D eigenvalue weighted by atomic mass is 16.5. The third-order valence-electron chi connectivity index (χ3n) is 9.33. The zero-order chi connectivity index (χ0) is 25.9. The molecule has 4 aliphatic rings. The minimum atomic E-state index is -0.317. The summed E-state index contributed by atoms with van der Waals surface area (Å²) in [5, 5.41) is 3.43. The van der Waals surface area contributed by atoms with E-state index in [0.29, 0.717) is 6.54 Å². The van der Waals surface area contributed by atoms with Crippen LogP contribution in [0.3, 0.4) is 0 Å². The van der Waals surface area contributed by atoms with Crippen LogP contribution in [-0.4, -0.2) is 55.2 Å². The summed E-state index contributed by atoms with van der Waals surface area (Å²) in [6.07, 6.45) is 8.37. The number of carbonyl (C=O) groups excluding carboxylic acids is 1. The van der Waals surface area contributed by atoms with Gasteiger partial charge in [0.2, 0.25) is 0 Å². The second kappa shape index (κ2) is 8.69. The van der Waals surface area contributed by atoms with Crippen LogP contribution in [0.5, 0.6) is 0 Å². The zero-order valence-electron chi connectivity index (χ0n) is 22.9. The van der Waals surface area contributed by atoms with Crippen LogP contribution in [0, 0.1) is 30.6 Å². The van der Waals surface area contributed by atoms with Crippen molar-refractivity contribution < 1.29 is 14.3 Å². The summed E-state index contributed by atoms with van der Waals surface area (Å²) in [5.41, 5.74) is 4.28. The molecule has 0 saturated carbocycles. The van der Waals surface area contributed by atoms with E-state index in [1.54, 1.807) is 14.2 Å². The highest BCUT2D eigenvalue weighted by Crippen LogP contribution is 2.58. The Morgan fingerprint density at radius 2 is 1.69 bits per heavy atom. The van der Waals surface area contributed by atoms with Crippen LogP contribution in [0.15, 0.2) is 53.6 Å². The molecule has 1 spiro atoms. The molecule has 1 N–H and O–H groups in total. The predicted molar refractivity (Wildman–Crippen MR) is 142 cm³/mol. The van der Waals surface area contributed by atoms with E-state index in [2.05, 4.69) is 75.2 Å². The monoisotopic (exact) mass is 491 g/mol. The standard InChI is InChI=1S/C30H41N3O3/c1-20-12-21(2)14-22(13-20)18-32-10-8-30(9-11-32)25-17-28(3,4)29(5)23(19-33(25)27(34)31-30)15-24(35-6)16-26(29)36-7/h12-17,23H,8-11,18-19H2,1-7H3,(H,31,34). The lowest BCUT2D eigenvalue weighted by molar-refractivity contribution is 0.0452. The van der Waals surface area contributed by atoms with Crippen LogP contribution in [0.1, 0.15) is 50.3 Å². The quantitative estimate of drug-likeness (QED) is 0.622. The number of ether oxygens (including phenoxy) is 2. The number of carbonyl (C=O) groups is 1. The molecule has 2 unspecified atom stereocenters. The van der Waals surface area contributed by atoms with E-state index in [1.165, 1.54) is 16.7 Å². The first-order chi connectivity index (χ1) is 17.0. The SMILES string of the molecule is COC1=CC2CN3C(=O)NC4(CCN(Cc5cc(C)cc(C)c5)CC4)C3=CC(C)(C)C2(C)C(OC)=C1. The lowest BCUT2D eigenvalue weighted by Gasteiger charge is -2.48. The molecule has 3 aliphatic heterocycles. The summed E-state index contributed by atoms with van der Waals surface area (Å²) >= 11 is 0. The highest BCUT2D eigenvalue weighted by molar-refractivity contribution is 5.82. The highest BCUT2D eigenvalue weighted by Gasteiger charge is 2.58. The number of piperidine rings is 1. The number of amides is 2. The summed E-state index contributed by atoms with van der Waals surface area (Å²) in [6, 6.07) is 6.82. The molecule has 2 atom stereocenters. The van der Waals surface area contributed by atoms with Crippen molar-refractivity contribution in [3.8, 4) is 0 Å². The Hall–Kier alpha value is -2.73. The molecule has 0 bridgehead atoms. The average molecular weight is 492 g/mol. The largest absolute Gasteiger partial charge is 0.500 e. The summed E-state index contributed by atoms with van der Waals surface area (Å²) in [7, 11) is 3.43. The van der Waals surface area contributed by atoms with E-state index in [4.69, 9.17) is 9.47 Å². The second-order valence-electron chi connectivity index (χ2n) is 11.9. The molecule has 0 aromatic heterocycles. The van der Waals surface area contributed by atoms with Gasteiger partial charge in [0.05, 0.1) is 19.8 Å². The topological polar surface area (TPSA) is 54.0 Å². The minimum Gasteiger partial charge on any atom is -0.500 e. The second-order valence-corrected chi connectivity index (χ2v) is 11.9. The number of nitrogens with one attached hydrogen (secondary N) is 1. The van der Waals surface area contributed by atoms with Crippen molar-refractivity contribution in [2.75, 3.05) is 33.9 Å². The Bertz CT molecular complexity index is 1140. The Labute approximate surface area is 216 Å². The summed E-state index contributed by atoms with van der Waals surface area (Å²) in [5.74, 6) is 1.77. The number of rotatable bonds is 4. The Balaban J connectivity index is 1.44. The molecule has 2 saturated heterocycles. The van der Waals surface area contributed by atoms with Gasteiger partial charge in [-0.25, -0.2) is 4.79 Å². The van der Waals surface area contributed by atoms with Crippen LogP contribution in [0.4, 0.5) is 4.79 Å². The predicted octanol–water partition coefficient (Wildman–Crippen LogP) is 5.28. The fourth-order valence-electron chi connectivity index (χ4n) is 6.99. The van der Waals surface area contributed by atoms with Crippen LogP contribution in [0.25, 0.3) is 0 Å². The summed E-state index contributed by atoms with van der Waals surface area (Å²) in [6.45, 7) is 14.6. The van der Waals surface area contributed by atoms with Gasteiger partial charge in [-0.05, 0) is 43.7 Å². The van der Waals surface area contributed by atoms with Crippen molar-refractivity contribution >= 4 is 6.03 Å². The number of hydrogen-bond acceptors (Lipinski definition) is 4. The normalized spacial score (nSPS) is 28.9. The number of aryl methyl sites for hydroxylation is 2. The first-order valence-electron chi connectivity index (χ1n) is 13.2. The molecular weight excluding hydrogens is 450 g/mol. The smallest absolute Gasteiger partial charge is 0.322 e. The van der Waals surface area contributed by atoms with Gasteiger partial charge in [-0.15, -0.1) is 0 Å². The van der Waals surface area contributed by atoms with Crippen LogP contribution in [0.2, 0.25) is 0 Å². The van der Waals surface area contributed by atoms with E-state index in [9.17, 15) is 4.79 Å². The number of fused-ring (bicyclic) bond motifs is 3. The maximum atomic E-state index is 13.4. The van der Waals surface area contributed by atoms with Crippen LogP contribution in [-0.2, 0) is 16.0 Å². The fourth-order valence-corrected chi connectivity index (χ4v) is 6.99. The number of methoxy groups -OCH3 is 2.